The first-order valence-corrected chi connectivity index (χ1v) is 11.8. The lowest BCUT2D eigenvalue weighted by molar-refractivity contribution is -0.142. The second-order valence-corrected chi connectivity index (χ2v) is 9.08. The van der Waals surface area contributed by atoms with Crippen LogP contribution in [0.25, 0.3) is 10.1 Å². The summed E-state index contributed by atoms with van der Waals surface area (Å²) in [6.07, 6.45) is 1.58. The quantitative estimate of drug-likeness (QED) is 0.374. The van der Waals surface area contributed by atoms with Gasteiger partial charge in [-0.05, 0) is 58.5 Å². The second kappa shape index (κ2) is 9.15. The Hall–Kier alpha value is -3.15. The summed E-state index contributed by atoms with van der Waals surface area (Å²) in [6, 6.07) is 26.0. The van der Waals surface area contributed by atoms with E-state index in [4.69, 9.17) is 4.74 Å². The minimum atomic E-state index is -0.741. The van der Waals surface area contributed by atoms with E-state index in [0.29, 0.717) is 13.0 Å². The smallest absolute Gasteiger partial charge is 0.320 e. The first kappa shape index (κ1) is 20.7. The van der Waals surface area contributed by atoms with Gasteiger partial charge in [0.1, 0.15) is 18.4 Å². The number of benzene rings is 3. The predicted octanol–water partition coefficient (Wildman–Crippen LogP) is 6.12. The van der Waals surface area contributed by atoms with Gasteiger partial charge in [-0.1, -0.05) is 60.7 Å². The highest BCUT2D eigenvalue weighted by atomic mass is 32.1. The number of rotatable bonds is 7. The van der Waals surface area contributed by atoms with E-state index in [9.17, 15) is 9.90 Å². The fraction of sp³-hybridized carbons (Fsp3) is 0.222. The number of carbonyl (C=O) groups is 1. The van der Waals surface area contributed by atoms with Crippen molar-refractivity contribution in [2.24, 2.45) is 0 Å². The van der Waals surface area contributed by atoms with Crippen molar-refractivity contribution in [3.05, 3.63) is 101 Å². The largest absolute Gasteiger partial charge is 0.489 e. The van der Waals surface area contributed by atoms with Gasteiger partial charge in [0.15, 0.2) is 0 Å². The molecule has 4 aromatic rings. The number of carboxylic acid groups (broad SMARTS) is 1. The molecule has 2 unspecified atom stereocenters. The van der Waals surface area contributed by atoms with Gasteiger partial charge in [0.05, 0.1) is 6.04 Å². The highest BCUT2D eigenvalue weighted by Gasteiger charge is 2.37. The number of thiophene rings is 1. The Bertz CT molecular complexity index is 1200. The third-order valence-corrected chi connectivity index (χ3v) is 7.14. The van der Waals surface area contributed by atoms with Crippen molar-refractivity contribution in [1.82, 2.24) is 4.90 Å². The molecule has 2 atom stereocenters. The molecule has 2 heterocycles. The molecular formula is C27H25NO3S. The second-order valence-electron chi connectivity index (χ2n) is 8.17. The maximum Gasteiger partial charge on any atom is 0.320 e. The fourth-order valence-corrected chi connectivity index (χ4v) is 5.59. The minimum absolute atomic E-state index is 0.0991. The van der Waals surface area contributed by atoms with Gasteiger partial charge >= 0.3 is 5.97 Å². The Morgan fingerprint density at radius 1 is 1.03 bits per heavy atom. The molecule has 1 fully saturated rings. The van der Waals surface area contributed by atoms with Crippen molar-refractivity contribution in [2.75, 3.05) is 6.54 Å². The molecule has 1 N–H and O–H groups in total. The lowest BCUT2D eigenvalue weighted by Crippen LogP contribution is -2.39. The Labute approximate surface area is 191 Å². The number of aliphatic carboxylic acids is 1. The van der Waals surface area contributed by atoms with Crippen LogP contribution < -0.4 is 4.74 Å². The predicted molar refractivity (Wildman–Crippen MR) is 128 cm³/mol. The third-order valence-electron chi connectivity index (χ3n) is 6.16. The number of nitrogens with zero attached hydrogens (tertiary/aromatic N) is 1. The van der Waals surface area contributed by atoms with Crippen LogP contribution in [0.1, 0.15) is 35.6 Å². The Balaban J connectivity index is 1.47. The summed E-state index contributed by atoms with van der Waals surface area (Å²) in [6.45, 7) is 1.30. The van der Waals surface area contributed by atoms with Gasteiger partial charge in [-0.25, -0.2) is 0 Å². The molecule has 1 aromatic heterocycles. The Morgan fingerprint density at radius 2 is 1.78 bits per heavy atom. The summed E-state index contributed by atoms with van der Waals surface area (Å²) < 4.78 is 7.19. The fourth-order valence-electron chi connectivity index (χ4n) is 4.61. The highest BCUT2D eigenvalue weighted by Crippen LogP contribution is 2.40. The molecule has 0 radical (unpaired) electrons. The van der Waals surface area contributed by atoms with Crippen LogP contribution in [-0.2, 0) is 11.4 Å². The molecular weight excluding hydrogens is 418 g/mol. The first-order chi connectivity index (χ1) is 15.7. The molecule has 0 amide bonds. The first-order valence-electron chi connectivity index (χ1n) is 10.9. The van der Waals surface area contributed by atoms with E-state index in [1.165, 1.54) is 15.6 Å². The topological polar surface area (TPSA) is 49.8 Å². The van der Waals surface area contributed by atoms with Crippen LogP contribution in [0.2, 0.25) is 0 Å². The van der Waals surface area contributed by atoms with E-state index in [1.807, 2.05) is 48.5 Å². The van der Waals surface area contributed by atoms with E-state index < -0.39 is 12.0 Å². The average Bonchev–Trinajstić information content (AvgIpc) is 3.48. The third kappa shape index (κ3) is 4.14. The summed E-state index contributed by atoms with van der Waals surface area (Å²) in [7, 11) is 0. The summed E-state index contributed by atoms with van der Waals surface area (Å²) in [5, 5.41) is 13.2. The van der Waals surface area contributed by atoms with Gasteiger partial charge in [0.25, 0.3) is 0 Å². The Morgan fingerprint density at radius 3 is 2.56 bits per heavy atom. The van der Waals surface area contributed by atoms with E-state index in [-0.39, 0.29) is 6.04 Å². The zero-order chi connectivity index (χ0) is 21.9. The summed E-state index contributed by atoms with van der Waals surface area (Å²) in [5.41, 5.74) is 3.39. The standard InChI is InChI=1S/C27H25NO3S/c29-27(30)24-10-6-16-28(24)26(23-18-32-25-11-5-4-9-22(23)25)20-12-14-21(15-13-20)31-17-19-7-2-1-3-8-19/h1-5,7-9,11-15,18,24,26H,6,10,16-17H2,(H,29,30). The number of hydrogen-bond donors (Lipinski definition) is 1. The van der Waals surface area contributed by atoms with Gasteiger partial charge in [0.2, 0.25) is 0 Å². The summed E-state index contributed by atoms with van der Waals surface area (Å²) in [5.74, 6) is 0.0672. The van der Waals surface area contributed by atoms with Crippen molar-refractivity contribution < 1.29 is 14.6 Å². The monoisotopic (exact) mass is 443 g/mol. The molecule has 1 aliphatic heterocycles. The van der Waals surface area contributed by atoms with Crippen LogP contribution in [0.3, 0.4) is 0 Å². The van der Waals surface area contributed by atoms with Crippen molar-refractivity contribution in [1.29, 1.82) is 0 Å². The summed E-state index contributed by atoms with van der Waals surface area (Å²) in [4.78, 5) is 14.1. The molecule has 4 nitrogen and oxygen atoms in total. The van der Waals surface area contributed by atoms with Crippen LogP contribution >= 0.6 is 11.3 Å². The van der Waals surface area contributed by atoms with Crippen LogP contribution in [0.4, 0.5) is 0 Å². The molecule has 3 aromatic carbocycles. The molecule has 1 saturated heterocycles. The lowest BCUT2D eigenvalue weighted by atomic mass is 9.95. The molecule has 0 bridgehead atoms. The Kier molecular flexibility index (Phi) is 5.93. The average molecular weight is 444 g/mol. The molecule has 162 valence electrons. The van der Waals surface area contributed by atoms with Crippen LogP contribution in [0.5, 0.6) is 5.75 Å². The number of fused-ring (bicyclic) bond motifs is 1. The maximum absolute atomic E-state index is 12.0. The van der Waals surface area contributed by atoms with Gasteiger partial charge in [-0.15, -0.1) is 11.3 Å². The van der Waals surface area contributed by atoms with Crippen molar-refractivity contribution >= 4 is 27.4 Å². The SMILES string of the molecule is O=C(O)C1CCCN1C(c1ccc(OCc2ccccc2)cc1)c1csc2ccccc12. The number of hydrogen-bond acceptors (Lipinski definition) is 4. The zero-order valence-corrected chi connectivity index (χ0v) is 18.5. The molecule has 1 aliphatic rings. The normalized spacial score (nSPS) is 17.4. The van der Waals surface area contributed by atoms with Crippen molar-refractivity contribution in [3.8, 4) is 5.75 Å². The van der Waals surface area contributed by atoms with Crippen LogP contribution in [0.15, 0.2) is 84.2 Å². The van der Waals surface area contributed by atoms with E-state index >= 15 is 0 Å². The van der Waals surface area contributed by atoms with E-state index in [0.717, 1.165) is 29.8 Å². The van der Waals surface area contributed by atoms with Crippen molar-refractivity contribution in [3.63, 3.8) is 0 Å². The number of ether oxygens (including phenoxy) is 1. The van der Waals surface area contributed by atoms with Gasteiger partial charge in [0, 0.05) is 11.2 Å². The zero-order valence-electron chi connectivity index (χ0n) is 17.7. The molecule has 0 aliphatic carbocycles. The maximum atomic E-state index is 12.0. The number of likely N-dealkylation sites (tertiary alicyclic amines) is 1. The molecule has 32 heavy (non-hydrogen) atoms. The summed E-state index contributed by atoms with van der Waals surface area (Å²) >= 11 is 1.72. The molecule has 0 spiro atoms. The highest BCUT2D eigenvalue weighted by molar-refractivity contribution is 7.17. The lowest BCUT2D eigenvalue weighted by Gasteiger charge is -2.31. The molecule has 5 heteroatoms. The van der Waals surface area contributed by atoms with Crippen molar-refractivity contribution in [2.45, 2.75) is 31.5 Å². The van der Waals surface area contributed by atoms with Crippen LogP contribution in [0, 0.1) is 0 Å². The van der Waals surface area contributed by atoms with E-state index in [1.54, 1.807) is 11.3 Å². The van der Waals surface area contributed by atoms with Gasteiger partial charge in [-0.2, -0.15) is 0 Å². The van der Waals surface area contributed by atoms with Crippen LogP contribution in [-0.4, -0.2) is 28.6 Å². The minimum Gasteiger partial charge on any atom is -0.489 e. The molecule has 5 rings (SSSR count). The van der Waals surface area contributed by atoms with Gasteiger partial charge in [-0.3, -0.25) is 9.69 Å². The van der Waals surface area contributed by atoms with Gasteiger partial charge < -0.3 is 9.84 Å². The number of carboxylic acids is 1. The molecule has 0 saturated carbocycles. The van der Waals surface area contributed by atoms with E-state index in [2.05, 4.69) is 40.6 Å².